The molecule has 0 saturated carbocycles. The molecule has 284 valence electrons. The zero-order valence-electron chi connectivity index (χ0n) is 33.5. The zero-order chi connectivity index (χ0) is 36.1. The van der Waals surface area contributed by atoms with Crippen LogP contribution >= 0.6 is 0 Å². The molecule has 0 saturated heterocycles. The van der Waals surface area contributed by atoms with Crippen LogP contribution in [0.3, 0.4) is 0 Å². The Kier molecular flexibility index (Phi) is 34.8. The molecule has 0 heterocycles. The van der Waals surface area contributed by atoms with E-state index in [1.54, 1.807) is 0 Å². The van der Waals surface area contributed by atoms with Gasteiger partial charge in [0, 0.05) is 5.92 Å². The SMILES string of the molecule is CCCCC/C=C\C/C=C\CCCCCCCCC(C=O)(CCCCCCCC/C=C\C/C=C\CCCCC)C(=O)C(CC)CCN(C)C. The highest BCUT2D eigenvalue weighted by molar-refractivity contribution is 5.99. The van der Waals surface area contributed by atoms with Gasteiger partial charge in [0.05, 0.1) is 5.41 Å². The van der Waals surface area contributed by atoms with Crippen LogP contribution in [0.5, 0.6) is 0 Å². The first-order valence-electron chi connectivity index (χ1n) is 21.2. The molecule has 0 spiro atoms. The summed E-state index contributed by atoms with van der Waals surface area (Å²) in [5.41, 5.74) is -0.780. The third-order valence-corrected chi connectivity index (χ3v) is 10.2. The van der Waals surface area contributed by atoms with Crippen molar-refractivity contribution in [1.29, 1.82) is 0 Å². The van der Waals surface area contributed by atoms with Gasteiger partial charge in [0.1, 0.15) is 12.1 Å². The number of nitrogens with zero attached hydrogens (tertiary/aromatic N) is 1. The van der Waals surface area contributed by atoms with Crippen molar-refractivity contribution in [3.63, 3.8) is 0 Å². The van der Waals surface area contributed by atoms with Gasteiger partial charge >= 0.3 is 0 Å². The summed E-state index contributed by atoms with van der Waals surface area (Å²) in [7, 11) is 4.14. The van der Waals surface area contributed by atoms with Crippen LogP contribution in [0.15, 0.2) is 48.6 Å². The van der Waals surface area contributed by atoms with Crippen LogP contribution in [-0.2, 0) is 9.59 Å². The first-order valence-corrected chi connectivity index (χ1v) is 21.2. The molecule has 0 aliphatic heterocycles. The molecule has 0 aliphatic carbocycles. The molecular weight excluding hydrogens is 599 g/mol. The highest BCUT2D eigenvalue weighted by Gasteiger charge is 2.40. The molecule has 0 aromatic carbocycles. The molecule has 1 atom stereocenters. The summed E-state index contributed by atoms with van der Waals surface area (Å²) >= 11 is 0. The molecule has 0 fully saturated rings. The second-order valence-corrected chi connectivity index (χ2v) is 15.0. The lowest BCUT2D eigenvalue weighted by Gasteiger charge is -2.31. The van der Waals surface area contributed by atoms with Crippen LogP contribution in [0, 0.1) is 11.3 Å². The minimum absolute atomic E-state index is 0.0122. The molecule has 0 N–H and O–H groups in total. The Morgan fingerprint density at radius 2 is 0.898 bits per heavy atom. The second-order valence-electron chi connectivity index (χ2n) is 15.0. The fourth-order valence-electron chi connectivity index (χ4n) is 6.75. The molecular formula is C46H83NO2. The maximum absolute atomic E-state index is 14.0. The summed E-state index contributed by atoms with van der Waals surface area (Å²) in [6.07, 6.45) is 51.8. The fourth-order valence-corrected chi connectivity index (χ4v) is 6.75. The minimum Gasteiger partial charge on any atom is -0.309 e. The fraction of sp³-hybridized carbons (Fsp3) is 0.783. The summed E-state index contributed by atoms with van der Waals surface area (Å²) < 4.78 is 0. The first-order chi connectivity index (χ1) is 24.0. The molecule has 1 unspecified atom stereocenters. The van der Waals surface area contributed by atoms with Crippen molar-refractivity contribution >= 4 is 12.1 Å². The van der Waals surface area contributed by atoms with Gasteiger partial charge in [0.2, 0.25) is 0 Å². The van der Waals surface area contributed by atoms with E-state index in [0.29, 0.717) is 0 Å². The van der Waals surface area contributed by atoms with E-state index in [4.69, 9.17) is 0 Å². The summed E-state index contributed by atoms with van der Waals surface area (Å²) in [5.74, 6) is 0.221. The van der Waals surface area contributed by atoms with E-state index in [1.807, 2.05) is 0 Å². The molecule has 0 radical (unpaired) electrons. The lowest BCUT2D eigenvalue weighted by molar-refractivity contribution is -0.139. The predicted octanol–water partition coefficient (Wildman–Crippen LogP) is 14.1. The Bertz CT molecular complexity index is 803. The highest BCUT2D eigenvalue weighted by Crippen LogP contribution is 2.35. The van der Waals surface area contributed by atoms with Crippen LogP contribution in [0.4, 0.5) is 0 Å². The van der Waals surface area contributed by atoms with Gasteiger partial charge in [-0.2, -0.15) is 0 Å². The quantitative estimate of drug-likeness (QED) is 0.0283. The van der Waals surface area contributed by atoms with Crippen LogP contribution in [-0.4, -0.2) is 37.6 Å². The van der Waals surface area contributed by atoms with Crippen molar-refractivity contribution in [2.24, 2.45) is 11.3 Å². The lowest BCUT2D eigenvalue weighted by Crippen LogP contribution is -2.38. The van der Waals surface area contributed by atoms with E-state index in [0.717, 1.165) is 77.0 Å². The van der Waals surface area contributed by atoms with Gasteiger partial charge in [-0.05, 0) is 111 Å². The number of ketones is 1. The summed E-state index contributed by atoms with van der Waals surface area (Å²) in [4.78, 5) is 28.9. The molecule has 0 aliphatic rings. The van der Waals surface area contributed by atoms with Crippen LogP contribution in [0.25, 0.3) is 0 Å². The van der Waals surface area contributed by atoms with Crippen molar-refractivity contribution in [2.45, 2.75) is 201 Å². The third kappa shape index (κ3) is 28.6. The van der Waals surface area contributed by atoms with E-state index in [1.165, 1.54) is 116 Å². The van der Waals surface area contributed by atoms with Gasteiger partial charge in [0.25, 0.3) is 0 Å². The van der Waals surface area contributed by atoms with Crippen molar-refractivity contribution in [1.82, 2.24) is 4.90 Å². The van der Waals surface area contributed by atoms with E-state index in [2.05, 4.69) is 88.4 Å². The molecule has 0 aromatic heterocycles. The van der Waals surface area contributed by atoms with Gasteiger partial charge in [-0.15, -0.1) is 0 Å². The van der Waals surface area contributed by atoms with Crippen molar-refractivity contribution in [3.05, 3.63) is 48.6 Å². The third-order valence-electron chi connectivity index (χ3n) is 10.2. The Morgan fingerprint density at radius 1 is 0.531 bits per heavy atom. The Labute approximate surface area is 306 Å². The number of carbonyl (C=O) groups is 2. The van der Waals surface area contributed by atoms with E-state index < -0.39 is 5.41 Å². The van der Waals surface area contributed by atoms with Gasteiger partial charge in [-0.25, -0.2) is 0 Å². The minimum atomic E-state index is -0.780. The van der Waals surface area contributed by atoms with Crippen molar-refractivity contribution in [3.8, 4) is 0 Å². The molecule has 0 amide bonds. The van der Waals surface area contributed by atoms with Gasteiger partial charge in [-0.1, -0.05) is 159 Å². The maximum Gasteiger partial charge on any atom is 0.149 e. The number of carbonyl (C=O) groups excluding carboxylic acids is 2. The van der Waals surface area contributed by atoms with Crippen LogP contribution in [0.2, 0.25) is 0 Å². The van der Waals surface area contributed by atoms with E-state index >= 15 is 0 Å². The zero-order valence-corrected chi connectivity index (χ0v) is 33.5. The monoisotopic (exact) mass is 682 g/mol. The Hall–Kier alpha value is -1.74. The maximum atomic E-state index is 14.0. The summed E-state index contributed by atoms with van der Waals surface area (Å²) in [6, 6.07) is 0. The topological polar surface area (TPSA) is 37.4 Å². The summed E-state index contributed by atoms with van der Waals surface area (Å²) in [6.45, 7) is 7.53. The number of allylic oxidation sites excluding steroid dienone is 8. The Morgan fingerprint density at radius 3 is 1.24 bits per heavy atom. The van der Waals surface area contributed by atoms with Gasteiger partial charge < -0.3 is 9.69 Å². The molecule has 0 aromatic rings. The smallest absolute Gasteiger partial charge is 0.149 e. The average Bonchev–Trinajstić information content (AvgIpc) is 3.10. The lowest BCUT2D eigenvalue weighted by atomic mass is 9.70. The number of hydrogen-bond acceptors (Lipinski definition) is 3. The van der Waals surface area contributed by atoms with E-state index in [-0.39, 0.29) is 11.7 Å². The molecule has 3 heteroatoms. The van der Waals surface area contributed by atoms with E-state index in [9.17, 15) is 9.59 Å². The predicted molar refractivity (Wildman–Crippen MR) is 218 cm³/mol. The normalized spacial score (nSPS) is 13.3. The Balaban J connectivity index is 4.51. The molecule has 3 nitrogen and oxygen atoms in total. The second kappa shape index (κ2) is 36.1. The molecule has 0 rings (SSSR count). The van der Waals surface area contributed by atoms with Crippen molar-refractivity contribution in [2.75, 3.05) is 20.6 Å². The molecule has 0 bridgehead atoms. The number of rotatable bonds is 37. The highest BCUT2D eigenvalue weighted by atomic mass is 16.1. The van der Waals surface area contributed by atoms with Crippen molar-refractivity contribution < 1.29 is 9.59 Å². The number of hydrogen-bond donors (Lipinski definition) is 0. The van der Waals surface area contributed by atoms with Gasteiger partial charge in [-0.3, -0.25) is 4.79 Å². The van der Waals surface area contributed by atoms with Gasteiger partial charge in [0.15, 0.2) is 0 Å². The largest absolute Gasteiger partial charge is 0.309 e. The number of Topliss-reactive ketones (excluding diaryl/α,β-unsaturated/α-hetero) is 1. The summed E-state index contributed by atoms with van der Waals surface area (Å²) in [5, 5.41) is 0. The van der Waals surface area contributed by atoms with Crippen LogP contribution in [0.1, 0.15) is 201 Å². The first kappa shape index (κ1) is 47.3. The van der Waals surface area contributed by atoms with Crippen LogP contribution < -0.4 is 0 Å². The standard InChI is InChI=1S/C46H83NO2/c1-6-9-11-13-15-17-19-21-23-25-27-29-31-33-35-37-40-46(43-48,45(49)44(8-3)39-42-47(4)5)41-38-36-34-32-30-28-26-24-22-20-18-16-14-12-10-7-2/h15-18,21-24,43-44H,6-14,19-20,25-42H2,1-5H3/b17-15-,18-16-,23-21-,24-22-. The molecule has 49 heavy (non-hydrogen) atoms. The number of aldehydes is 1. The average molecular weight is 682 g/mol. The number of unbranched alkanes of at least 4 members (excludes halogenated alkanes) is 18.